The summed E-state index contributed by atoms with van der Waals surface area (Å²) in [7, 11) is 0. The molecule has 0 aliphatic carbocycles. The van der Waals surface area contributed by atoms with Crippen LogP contribution in [0.5, 0.6) is 0 Å². The molecule has 4 rings (SSSR count). The SMILES string of the molecule is CC(C)(C)N(CC(=O)O)C(=O)C[C@@H]1CCCN1c1cc(-n2ccnc2)c2ccc(Cl)c(Cl)c2n1. The van der Waals surface area contributed by atoms with E-state index < -0.39 is 11.5 Å². The summed E-state index contributed by atoms with van der Waals surface area (Å²) in [6, 6.07) is 5.49. The number of imidazole rings is 1. The fourth-order valence-corrected chi connectivity index (χ4v) is 4.82. The van der Waals surface area contributed by atoms with Gasteiger partial charge in [0.1, 0.15) is 12.4 Å². The number of aliphatic carboxylic acids is 1. The van der Waals surface area contributed by atoms with Crippen LogP contribution >= 0.6 is 23.2 Å². The highest BCUT2D eigenvalue weighted by Crippen LogP contribution is 2.36. The number of carboxylic acid groups (broad SMARTS) is 1. The number of benzene rings is 1. The van der Waals surface area contributed by atoms with Crippen molar-refractivity contribution in [1.29, 1.82) is 0 Å². The van der Waals surface area contributed by atoms with E-state index in [1.165, 1.54) is 4.90 Å². The summed E-state index contributed by atoms with van der Waals surface area (Å²) >= 11 is 12.8. The van der Waals surface area contributed by atoms with Crippen molar-refractivity contribution in [3.63, 3.8) is 0 Å². The molecule has 1 fully saturated rings. The van der Waals surface area contributed by atoms with Crippen molar-refractivity contribution in [2.24, 2.45) is 0 Å². The zero-order valence-electron chi connectivity index (χ0n) is 19.3. The maximum absolute atomic E-state index is 13.2. The molecule has 0 bridgehead atoms. The Bertz CT molecular complexity index is 1220. The Hall–Kier alpha value is -2.84. The average Bonchev–Trinajstić information content (AvgIpc) is 3.45. The largest absolute Gasteiger partial charge is 0.480 e. The number of hydrogen-bond donors (Lipinski definition) is 1. The standard InChI is InChI=1S/C24H27Cl2N5O3/c1-24(2,3)31(13-21(33)34)20(32)11-15-5-4-9-30(15)19-12-18(29-10-8-27-14-29)16-6-7-17(25)22(26)23(16)28-19/h6-8,10,12,14-15H,4-5,9,11,13H2,1-3H3,(H,33,34)/t15-/m0/s1. The van der Waals surface area contributed by atoms with Crippen LogP contribution in [0.4, 0.5) is 5.82 Å². The van der Waals surface area contributed by atoms with Crippen LogP contribution in [0.25, 0.3) is 16.6 Å². The predicted octanol–water partition coefficient (Wildman–Crippen LogP) is 4.80. The first-order valence-electron chi connectivity index (χ1n) is 11.1. The molecule has 0 radical (unpaired) electrons. The lowest BCUT2D eigenvalue weighted by Crippen LogP contribution is -2.50. The second-order valence-electron chi connectivity index (χ2n) is 9.47. The molecule has 10 heteroatoms. The third-order valence-electron chi connectivity index (χ3n) is 6.11. The van der Waals surface area contributed by atoms with Crippen molar-refractivity contribution in [2.45, 2.75) is 51.6 Å². The topological polar surface area (TPSA) is 91.6 Å². The molecule has 1 saturated heterocycles. The van der Waals surface area contributed by atoms with Gasteiger partial charge in [0.25, 0.3) is 0 Å². The van der Waals surface area contributed by atoms with Crippen LogP contribution < -0.4 is 4.90 Å². The molecule has 1 amide bonds. The molecule has 3 heterocycles. The number of carboxylic acids is 1. The molecule has 1 aliphatic rings. The minimum absolute atomic E-state index is 0.107. The highest BCUT2D eigenvalue weighted by Gasteiger charge is 2.34. The third kappa shape index (κ3) is 4.83. The molecule has 1 atom stereocenters. The van der Waals surface area contributed by atoms with Crippen LogP contribution in [-0.4, -0.2) is 61.1 Å². The molecule has 1 N–H and O–H groups in total. The second kappa shape index (κ2) is 9.43. The quantitative estimate of drug-likeness (QED) is 0.519. The lowest BCUT2D eigenvalue weighted by atomic mass is 10.0. The molecule has 0 saturated carbocycles. The number of nitrogens with zero attached hydrogens (tertiary/aromatic N) is 5. The number of anilines is 1. The van der Waals surface area contributed by atoms with Gasteiger partial charge in [-0.05, 0) is 45.7 Å². The van der Waals surface area contributed by atoms with Gasteiger partial charge in [-0.3, -0.25) is 9.59 Å². The van der Waals surface area contributed by atoms with Gasteiger partial charge in [0.05, 0.1) is 27.6 Å². The number of halogens is 2. The Morgan fingerprint density at radius 3 is 2.68 bits per heavy atom. The van der Waals surface area contributed by atoms with Gasteiger partial charge in [0, 0.05) is 48.4 Å². The first-order valence-corrected chi connectivity index (χ1v) is 11.9. The van der Waals surface area contributed by atoms with Crippen molar-refractivity contribution < 1.29 is 14.7 Å². The second-order valence-corrected chi connectivity index (χ2v) is 10.3. The molecule has 1 aromatic carbocycles. The summed E-state index contributed by atoms with van der Waals surface area (Å²) in [6.45, 7) is 5.92. The van der Waals surface area contributed by atoms with Gasteiger partial charge in [-0.25, -0.2) is 9.97 Å². The van der Waals surface area contributed by atoms with Gasteiger partial charge >= 0.3 is 5.97 Å². The van der Waals surface area contributed by atoms with Gasteiger partial charge in [0.15, 0.2) is 0 Å². The summed E-state index contributed by atoms with van der Waals surface area (Å²) in [5.74, 6) is -0.529. The number of carbonyl (C=O) groups is 2. The lowest BCUT2D eigenvalue weighted by molar-refractivity contribution is -0.148. The summed E-state index contributed by atoms with van der Waals surface area (Å²) in [6.07, 6.45) is 7.16. The molecule has 8 nitrogen and oxygen atoms in total. The summed E-state index contributed by atoms with van der Waals surface area (Å²) in [5, 5.41) is 10.9. The number of amides is 1. The fraction of sp³-hybridized carbons (Fsp3) is 0.417. The molecule has 34 heavy (non-hydrogen) atoms. The Labute approximate surface area is 208 Å². The predicted molar refractivity (Wildman–Crippen MR) is 133 cm³/mol. The Kier molecular flexibility index (Phi) is 6.73. The summed E-state index contributed by atoms with van der Waals surface area (Å²) in [4.78, 5) is 37.1. The van der Waals surface area contributed by atoms with E-state index in [1.54, 1.807) is 18.6 Å². The monoisotopic (exact) mass is 503 g/mol. The molecule has 3 aromatic rings. The number of aromatic nitrogens is 3. The van der Waals surface area contributed by atoms with E-state index in [-0.39, 0.29) is 24.9 Å². The lowest BCUT2D eigenvalue weighted by Gasteiger charge is -2.36. The van der Waals surface area contributed by atoms with Gasteiger partial charge in [0.2, 0.25) is 5.91 Å². The zero-order valence-corrected chi connectivity index (χ0v) is 20.8. The minimum Gasteiger partial charge on any atom is -0.480 e. The summed E-state index contributed by atoms with van der Waals surface area (Å²) in [5.41, 5.74) is 0.837. The summed E-state index contributed by atoms with van der Waals surface area (Å²) < 4.78 is 1.89. The molecule has 0 unspecified atom stereocenters. The zero-order chi connectivity index (χ0) is 24.6. The molecular weight excluding hydrogens is 477 g/mol. The first-order chi connectivity index (χ1) is 16.1. The van der Waals surface area contributed by atoms with Gasteiger partial charge in [-0.15, -0.1) is 0 Å². The van der Waals surface area contributed by atoms with Crippen LogP contribution in [0, 0.1) is 0 Å². The third-order valence-corrected chi connectivity index (χ3v) is 6.90. The van der Waals surface area contributed by atoms with E-state index in [0.717, 1.165) is 30.5 Å². The highest BCUT2D eigenvalue weighted by atomic mass is 35.5. The fourth-order valence-electron chi connectivity index (χ4n) is 4.46. The van der Waals surface area contributed by atoms with E-state index >= 15 is 0 Å². The molecule has 180 valence electrons. The van der Waals surface area contributed by atoms with Crippen LogP contribution in [0.2, 0.25) is 10.0 Å². The number of rotatable bonds is 6. The number of carbonyl (C=O) groups excluding carboxylic acids is 1. The molecule has 1 aliphatic heterocycles. The van der Waals surface area contributed by atoms with Crippen LogP contribution in [0.15, 0.2) is 36.9 Å². The molecule has 0 spiro atoms. The number of hydrogen-bond acceptors (Lipinski definition) is 5. The molecular formula is C24H27Cl2N5O3. The normalized spacial score (nSPS) is 16.3. The van der Waals surface area contributed by atoms with Gasteiger partial charge in [-0.1, -0.05) is 23.2 Å². The minimum atomic E-state index is -1.03. The van der Waals surface area contributed by atoms with E-state index in [9.17, 15) is 14.7 Å². The average molecular weight is 504 g/mol. The van der Waals surface area contributed by atoms with E-state index in [1.807, 2.05) is 43.7 Å². The van der Waals surface area contributed by atoms with Crippen molar-refractivity contribution in [1.82, 2.24) is 19.4 Å². The smallest absolute Gasteiger partial charge is 0.323 e. The Morgan fingerprint density at radius 2 is 2.03 bits per heavy atom. The Morgan fingerprint density at radius 1 is 1.26 bits per heavy atom. The van der Waals surface area contributed by atoms with Crippen molar-refractivity contribution in [2.75, 3.05) is 18.0 Å². The highest BCUT2D eigenvalue weighted by molar-refractivity contribution is 6.45. The maximum Gasteiger partial charge on any atom is 0.323 e. The van der Waals surface area contributed by atoms with Gasteiger partial charge in [-0.2, -0.15) is 0 Å². The van der Waals surface area contributed by atoms with Crippen molar-refractivity contribution in [3.05, 3.63) is 47.0 Å². The van der Waals surface area contributed by atoms with Crippen molar-refractivity contribution >= 4 is 51.8 Å². The number of pyridine rings is 1. The van der Waals surface area contributed by atoms with E-state index in [4.69, 9.17) is 28.2 Å². The van der Waals surface area contributed by atoms with Gasteiger partial charge < -0.3 is 19.5 Å². The van der Waals surface area contributed by atoms with E-state index in [2.05, 4.69) is 9.88 Å². The van der Waals surface area contributed by atoms with E-state index in [0.29, 0.717) is 21.4 Å². The first kappa shape index (κ1) is 24.3. The van der Waals surface area contributed by atoms with Crippen LogP contribution in [0.3, 0.4) is 0 Å². The number of fused-ring (bicyclic) bond motifs is 1. The van der Waals surface area contributed by atoms with Crippen LogP contribution in [0.1, 0.15) is 40.0 Å². The maximum atomic E-state index is 13.2. The Balaban J connectivity index is 1.71. The molecule has 2 aromatic heterocycles. The van der Waals surface area contributed by atoms with Crippen LogP contribution in [-0.2, 0) is 9.59 Å². The van der Waals surface area contributed by atoms with Crippen molar-refractivity contribution in [3.8, 4) is 5.69 Å².